The van der Waals surface area contributed by atoms with Crippen LogP contribution < -0.4 is 9.47 Å². The van der Waals surface area contributed by atoms with Gasteiger partial charge in [0.15, 0.2) is 11.5 Å². The van der Waals surface area contributed by atoms with Crippen LogP contribution in [0, 0.1) is 5.92 Å². The molecule has 0 spiro atoms. The molecule has 1 amide bonds. The third kappa shape index (κ3) is 3.63. The van der Waals surface area contributed by atoms with Crippen molar-refractivity contribution in [2.45, 2.75) is 19.3 Å². The zero-order chi connectivity index (χ0) is 19.6. The lowest BCUT2D eigenvalue weighted by molar-refractivity contribution is 0.0687. The number of benzene rings is 1. The van der Waals surface area contributed by atoms with Crippen molar-refractivity contribution in [2.75, 3.05) is 19.9 Å². The van der Waals surface area contributed by atoms with E-state index in [1.54, 1.807) is 36.8 Å². The number of hydrogen-bond acceptors (Lipinski definition) is 8. The molecule has 0 N–H and O–H groups in total. The quantitative estimate of drug-likeness (QED) is 0.665. The number of amides is 1. The molecule has 0 unspecified atom stereocenters. The molecule has 4 heterocycles. The van der Waals surface area contributed by atoms with Gasteiger partial charge in [-0.3, -0.25) is 9.78 Å². The average molecular weight is 393 g/mol. The zero-order valence-corrected chi connectivity index (χ0v) is 15.7. The van der Waals surface area contributed by atoms with E-state index in [-0.39, 0.29) is 12.7 Å². The van der Waals surface area contributed by atoms with Crippen LogP contribution >= 0.6 is 0 Å². The molecule has 3 aromatic rings. The highest BCUT2D eigenvalue weighted by molar-refractivity contribution is 5.95. The summed E-state index contributed by atoms with van der Waals surface area (Å²) in [5.41, 5.74) is 1.21. The number of aromatic nitrogens is 4. The summed E-state index contributed by atoms with van der Waals surface area (Å²) >= 11 is 0. The Labute approximate surface area is 166 Å². The monoisotopic (exact) mass is 393 g/mol. The largest absolute Gasteiger partial charge is 0.454 e. The van der Waals surface area contributed by atoms with Gasteiger partial charge in [-0.2, -0.15) is 4.98 Å². The Bertz CT molecular complexity index is 1010. The third-order valence-corrected chi connectivity index (χ3v) is 5.24. The van der Waals surface area contributed by atoms with E-state index in [1.165, 1.54) is 0 Å². The highest BCUT2D eigenvalue weighted by atomic mass is 16.7. The lowest BCUT2D eigenvalue weighted by Crippen LogP contribution is -2.38. The summed E-state index contributed by atoms with van der Waals surface area (Å²) in [6.07, 6.45) is 7.27. The summed E-state index contributed by atoms with van der Waals surface area (Å²) in [6.45, 7) is 1.60. The Kier molecular flexibility index (Phi) is 4.55. The molecule has 0 atom stereocenters. The second kappa shape index (κ2) is 7.50. The predicted molar refractivity (Wildman–Crippen MR) is 100 cm³/mol. The topological polar surface area (TPSA) is 103 Å². The lowest BCUT2D eigenvalue weighted by atomic mass is 9.93. The Morgan fingerprint density at radius 1 is 1.14 bits per heavy atom. The maximum atomic E-state index is 12.8. The minimum absolute atomic E-state index is 0.0180. The predicted octanol–water partition coefficient (Wildman–Crippen LogP) is 2.35. The van der Waals surface area contributed by atoms with Crippen molar-refractivity contribution in [2.24, 2.45) is 5.92 Å². The molecule has 1 fully saturated rings. The molecule has 9 heteroatoms. The zero-order valence-electron chi connectivity index (χ0n) is 15.7. The fourth-order valence-electron chi connectivity index (χ4n) is 3.66. The molecule has 2 aliphatic rings. The van der Waals surface area contributed by atoms with E-state index in [2.05, 4.69) is 20.1 Å². The van der Waals surface area contributed by atoms with Crippen molar-refractivity contribution in [3.05, 3.63) is 48.2 Å². The number of fused-ring (bicyclic) bond motifs is 1. The van der Waals surface area contributed by atoms with E-state index in [4.69, 9.17) is 14.0 Å². The van der Waals surface area contributed by atoms with E-state index < -0.39 is 0 Å². The normalized spacial score (nSPS) is 16.2. The number of rotatable bonds is 4. The van der Waals surface area contributed by atoms with Crippen LogP contribution in [0.5, 0.6) is 11.5 Å². The summed E-state index contributed by atoms with van der Waals surface area (Å²) in [7, 11) is 0. The number of likely N-dealkylation sites (tertiary alicyclic amines) is 1. The van der Waals surface area contributed by atoms with Gasteiger partial charge in [0.05, 0.1) is 6.20 Å². The SMILES string of the molecule is O=C(c1ccc2c(c1)OCO2)N1CCC(Cc2nc(-c3cnccn3)no2)CC1. The van der Waals surface area contributed by atoms with Crippen molar-refractivity contribution in [3.8, 4) is 23.0 Å². The van der Waals surface area contributed by atoms with Gasteiger partial charge in [0, 0.05) is 37.5 Å². The van der Waals surface area contributed by atoms with Crippen LogP contribution in [-0.4, -0.2) is 50.8 Å². The van der Waals surface area contributed by atoms with Crippen LogP contribution in [-0.2, 0) is 6.42 Å². The van der Waals surface area contributed by atoms with E-state index in [0.29, 0.717) is 59.9 Å². The minimum Gasteiger partial charge on any atom is -0.454 e. The first-order valence-corrected chi connectivity index (χ1v) is 9.54. The van der Waals surface area contributed by atoms with E-state index in [9.17, 15) is 4.79 Å². The molecule has 2 aliphatic heterocycles. The van der Waals surface area contributed by atoms with Crippen LogP contribution in [0.4, 0.5) is 0 Å². The Morgan fingerprint density at radius 3 is 2.83 bits per heavy atom. The summed E-state index contributed by atoms with van der Waals surface area (Å²) in [4.78, 5) is 27.3. The van der Waals surface area contributed by atoms with Gasteiger partial charge >= 0.3 is 0 Å². The standard InChI is InChI=1S/C20H19N5O4/c26-20(14-1-2-16-17(10-14)28-12-27-16)25-7-3-13(4-8-25)9-18-23-19(24-29-18)15-11-21-5-6-22-15/h1-2,5-6,10-11,13H,3-4,7-9,12H2. The second-order valence-corrected chi connectivity index (χ2v) is 7.11. The molecular formula is C20H19N5O4. The molecule has 9 nitrogen and oxygen atoms in total. The van der Waals surface area contributed by atoms with Crippen LogP contribution in [0.15, 0.2) is 41.3 Å². The smallest absolute Gasteiger partial charge is 0.253 e. The number of piperidine rings is 1. The van der Waals surface area contributed by atoms with Crippen molar-refractivity contribution in [3.63, 3.8) is 0 Å². The first-order chi connectivity index (χ1) is 14.3. The summed E-state index contributed by atoms with van der Waals surface area (Å²) in [6, 6.07) is 5.32. The van der Waals surface area contributed by atoms with Crippen LogP contribution in [0.1, 0.15) is 29.1 Å². The lowest BCUT2D eigenvalue weighted by Gasteiger charge is -2.31. The Morgan fingerprint density at radius 2 is 2.00 bits per heavy atom. The molecule has 29 heavy (non-hydrogen) atoms. The first kappa shape index (κ1) is 17.6. The van der Waals surface area contributed by atoms with Crippen LogP contribution in [0.3, 0.4) is 0 Å². The summed E-state index contributed by atoms with van der Waals surface area (Å²) in [5.74, 6) is 2.76. The number of ether oxygens (including phenoxy) is 2. The minimum atomic E-state index is 0.0180. The van der Waals surface area contributed by atoms with Gasteiger partial charge in [0.1, 0.15) is 5.69 Å². The average Bonchev–Trinajstić information content (AvgIpc) is 3.43. The van der Waals surface area contributed by atoms with Gasteiger partial charge in [0.2, 0.25) is 18.5 Å². The fraction of sp³-hybridized carbons (Fsp3) is 0.350. The molecule has 1 saturated heterocycles. The van der Waals surface area contributed by atoms with Crippen molar-refractivity contribution >= 4 is 5.91 Å². The molecule has 0 bridgehead atoms. The van der Waals surface area contributed by atoms with Crippen LogP contribution in [0.25, 0.3) is 11.5 Å². The summed E-state index contributed by atoms with van der Waals surface area (Å²) in [5, 5.41) is 3.99. The molecule has 148 valence electrons. The molecule has 1 aromatic carbocycles. The van der Waals surface area contributed by atoms with Gasteiger partial charge in [-0.15, -0.1) is 0 Å². The molecular weight excluding hydrogens is 374 g/mol. The third-order valence-electron chi connectivity index (χ3n) is 5.24. The first-order valence-electron chi connectivity index (χ1n) is 9.54. The number of carbonyl (C=O) groups excluding carboxylic acids is 1. The van der Waals surface area contributed by atoms with Gasteiger partial charge in [-0.1, -0.05) is 5.16 Å². The van der Waals surface area contributed by atoms with Gasteiger partial charge in [-0.05, 0) is 37.0 Å². The Hall–Kier alpha value is -3.49. The van der Waals surface area contributed by atoms with Gasteiger partial charge < -0.3 is 18.9 Å². The maximum absolute atomic E-state index is 12.8. The highest BCUT2D eigenvalue weighted by Gasteiger charge is 2.26. The van der Waals surface area contributed by atoms with E-state index in [1.807, 2.05) is 4.90 Å². The second-order valence-electron chi connectivity index (χ2n) is 7.11. The molecule has 0 radical (unpaired) electrons. The van der Waals surface area contributed by atoms with Crippen molar-refractivity contribution in [1.82, 2.24) is 25.0 Å². The van der Waals surface area contributed by atoms with Gasteiger partial charge in [0.25, 0.3) is 5.91 Å². The molecule has 0 aliphatic carbocycles. The molecule has 2 aromatic heterocycles. The van der Waals surface area contributed by atoms with Crippen molar-refractivity contribution in [1.29, 1.82) is 0 Å². The molecule has 0 saturated carbocycles. The van der Waals surface area contributed by atoms with Crippen LogP contribution in [0.2, 0.25) is 0 Å². The fourth-order valence-corrected chi connectivity index (χ4v) is 3.66. The molecule has 5 rings (SSSR count). The van der Waals surface area contributed by atoms with Gasteiger partial charge in [-0.25, -0.2) is 4.98 Å². The van der Waals surface area contributed by atoms with E-state index >= 15 is 0 Å². The number of carbonyl (C=O) groups is 1. The van der Waals surface area contributed by atoms with E-state index in [0.717, 1.165) is 12.8 Å². The highest BCUT2D eigenvalue weighted by Crippen LogP contribution is 2.33. The maximum Gasteiger partial charge on any atom is 0.253 e. The number of hydrogen-bond donors (Lipinski definition) is 0. The Balaban J connectivity index is 1.18. The van der Waals surface area contributed by atoms with Crippen molar-refractivity contribution < 1.29 is 18.8 Å². The summed E-state index contributed by atoms with van der Waals surface area (Å²) < 4.78 is 16.0. The number of nitrogens with zero attached hydrogens (tertiary/aromatic N) is 5.